The summed E-state index contributed by atoms with van der Waals surface area (Å²) in [4.78, 5) is 11.9. The number of esters is 1. The van der Waals surface area contributed by atoms with Gasteiger partial charge < -0.3 is 18.6 Å². The van der Waals surface area contributed by atoms with E-state index >= 15 is 0 Å². The highest BCUT2D eigenvalue weighted by molar-refractivity contribution is 5.69. The number of hydrogen-bond acceptors (Lipinski definition) is 7. The van der Waals surface area contributed by atoms with E-state index in [1.54, 1.807) is 0 Å². The largest absolute Gasteiger partial charge is 0.456 e. The summed E-state index contributed by atoms with van der Waals surface area (Å²) in [5, 5.41) is 7.86. The first-order chi connectivity index (χ1) is 12.8. The van der Waals surface area contributed by atoms with Gasteiger partial charge in [-0.05, 0) is 36.2 Å². The molecule has 0 unspecified atom stereocenters. The Morgan fingerprint density at radius 2 is 1.88 bits per heavy atom. The summed E-state index contributed by atoms with van der Waals surface area (Å²) in [6.07, 6.45) is 0.799. The fourth-order valence-electron chi connectivity index (χ4n) is 2.57. The third-order valence-electron chi connectivity index (χ3n) is 3.90. The monoisotopic (exact) mass is 352 g/mol. The van der Waals surface area contributed by atoms with E-state index in [1.165, 1.54) is 0 Å². The van der Waals surface area contributed by atoms with E-state index in [9.17, 15) is 4.79 Å². The lowest BCUT2D eigenvalue weighted by atomic mass is 10.1. The van der Waals surface area contributed by atoms with Crippen molar-refractivity contribution in [1.29, 1.82) is 0 Å². The first-order valence-corrected chi connectivity index (χ1v) is 8.20. The molecule has 0 amide bonds. The van der Waals surface area contributed by atoms with Crippen molar-refractivity contribution in [2.75, 3.05) is 6.79 Å². The first kappa shape index (κ1) is 16.1. The van der Waals surface area contributed by atoms with Gasteiger partial charge in [0, 0.05) is 12.0 Å². The molecule has 0 atom stereocenters. The van der Waals surface area contributed by atoms with Gasteiger partial charge in [-0.15, -0.1) is 10.2 Å². The molecule has 0 saturated heterocycles. The van der Waals surface area contributed by atoms with Gasteiger partial charge in [0.1, 0.15) is 0 Å². The summed E-state index contributed by atoms with van der Waals surface area (Å²) in [7, 11) is 0. The minimum absolute atomic E-state index is 0.0419. The molecule has 0 saturated carbocycles. The molecular weight excluding hydrogens is 336 g/mol. The van der Waals surface area contributed by atoms with E-state index in [4.69, 9.17) is 18.6 Å². The molecule has 26 heavy (non-hydrogen) atoms. The zero-order valence-corrected chi connectivity index (χ0v) is 13.9. The molecule has 2 heterocycles. The van der Waals surface area contributed by atoms with Crippen LogP contribution in [-0.4, -0.2) is 23.0 Å². The van der Waals surface area contributed by atoms with Crippen LogP contribution in [0.1, 0.15) is 17.9 Å². The van der Waals surface area contributed by atoms with Crippen LogP contribution < -0.4 is 9.47 Å². The number of ether oxygens (including phenoxy) is 3. The number of hydrogen-bond donors (Lipinski definition) is 0. The number of rotatable bonds is 6. The molecule has 1 aliphatic rings. The Balaban J connectivity index is 1.27. The zero-order valence-electron chi connectivity index (χ0n) is 13.9. The normalized spacial score (nSPS) is 12.2. The van der Waals surface area contributed by atoms with Crippen molar-refractivity contribution in [3.63, 3.8) is 0 Å². The van der Waals surface area contributed by atoms with Gasteiger partial charge in [0.2, 0.25) is 12.7 Å². The molecule has 7 heteroatoms. The van der Waals surface area contributed by atoms with Gasteiger partial charge in [-0.1, -0.05) is 24.3 Å². The van der Waals surface area contributed by atoms with Gasteiger partial charge >= 0.3 is 5.97 Å². The topological polar surface area (TPSA) is 83.7 Å². The van der Waals surface area contributed by atoms with Crippen LogP contribution in [0.25, 0.3) is 11.5 Å². The van der Waals surface area contributed by atoms with Crippen LogP contribution in [0.5, 0.6) is 11.5 Å². The zero-order chi connectivity index (χ0) is 17.8. The summed E-state index contributed by atoms with van der Waals surface area (Å²) in [6.45, 7) is 0.190. The predicted molar refractivity (Wildman–Crippen MR) is 90.4 cm³/mol. The summed E-state index contributed by atoms with van der Waals surface area (Å²) < 4.78 is 21.3. The van der Waals surface area contributed by atoms with Crippen LogP contribution in [-0.2, 0) is 22.6 Å². The molecule has 2 aromatic carbocycles. The predicted octanol–water partition coefficient (Wildman–Crippen LogP) is 3.14. The smallest absolute Gasteiger partial charge is 0.306 e. The van der Waals surface area contributed by atoms with Gasteiger partial charge in [0.05, 0.1) is 0 Å². The molecule has 0 radical (unpaired) electrons. The van der Waals surface area contributed by atoms with Crippen LogP contribution >= 0.6 is 0 Å². The van der Waals surface area contributed by atoms with Crippen molar-refractivity contribution >= 4 is 5.97 Å². The Hall–Kier alpha value is -3.35. The Morgan fingerprint density at radius 1 is 1.04 bits per heavy atom. The van der Waals surface area contributed by atoms with Crippen molar-refractivity contribution in [2.24, 2.45) is 0 Å². The fraction of sp³-hybridized carbons (Fsp3) is 0.211. The molecule has 0 spiro atoms. The summed E-state index contributed by atoms with van der Waals surface area (Å²) in [6, 6.07) is 15.0. The van der Waals surface area contributed by atoms with Crippen LogP contribution in [0, 0.1) is 0 Å². The number of carbonyl (C=O) groups excluding carboxylic acids is 1. The molecular formula is C19H16N2O5. The fourth-order valence-corrected chi connectivity index (χ4v) is 2.57. The van der Waals surface area contributed by atoms with Crippen molar-refractivity contribution in [3.8, 4) is 23.0 Å². The Kier molecular flexibility index (Phi) is 4.51. The van der Waals surface area contributed by atoms with Crippen LogP contribution in [0.3, 0.4) is 0 Å². The van der Waals surface area contributed by atoms with E-state index in [0.29, 0.717) is 18.1 Å². The summed E-state index contributed by atoms with van der Waals surface area (Å²) in [5.74, 6) is 1.76. The summed E-state index contributed by atoms with van der Waals surface area (Å²) >= 11 is 0. The van der Waals surface area contributed by atoms with Gasteiger partial charge in [-0.3, -0.25) is 4.79 Å². The lowest BCUT2D eigenvalue weighted by Crippen LogP contribution is -2.06. The molecule has 0 bridgehead atoms. The molecule has 0 N–H and O–H groups in total. The Morgan fingerprint density at radius 3 is 2.77 bits per heavy atom. The van der Waals surface area contributed by atoms with Gasteiger partial charge in [0.15, 0.2) is 18.1 Å². The highest BCUT2D eigenvalue weighted by Gasteiger charge is 2.14. The molecule has 3 aromatic rings. The lowest BCUT2D eigenvalue weighted by Gasteiger charge is -2.04. The third kappa shape index (κ3) is 3.66. The maximum Gasteiger partial charge on any atom is 0.306 e. The van der Waals surface area contributed by atoms with Crippen molar-refractivity contribution in [3.05, 3.63) is 60.0 Å². The highest BCUT2D eigenvalue weighted by Crippen LogP contribution is 2.32. The summed E-state index contributed by atoms with van der Waals surface area (Å²) in [5.41, 5.74) is 1.80. The van der Waals surface area contributed by atoms with E-state index in [1.807, 2.05) is 48.5 Å². The average molecular weight is 352 g/mol. The van der Waals surface area contributed by atoms with Crippen molar-refractivity contribution in [2.45, 2.75) is 19.4 Å². The molecule has 0 fully saturated rings. The van der Waals surface area contributed by atoms with Crippen LogP contribution in [0.2, 0.25) is 0 Å². The molecule has 0 aliphatic carbocycles. The van der Waals surface area contributed by atoms with E-state index < -0.39 is 0 Å². The maximum absolute atomic E-state index is 11.9. The molecule has 132 valence electrons. The van der Waals surface area contributed by atoms with E-state index in [2.05, 4.69) is 10.2 Å². The second-order valence-corrected chi connectivity index (χ2v) is 5.72. The van der Waals surface area contributed by atoms with Gasteiger partial charge in [0.25, 0.3) is 5.89 Å². The second kappa shape index (κ2) is 7.26. The van der Waals surface area contributed by atoms with Crippen molar-refractivity contribution in [1.82, 2.24) is 10.2 Å². The molecule has 4 rings (SSSR count). The standard InChI is InChI=1S/C19H16N2O5/c22-18(9-7-13-6-8-15-16(10-13)25-12-24-15)23-11-17-20-21-19(26-17)14-4-2-1-3-5-14/h1-6,8,10H,7,9,11-12H2. The van der Waals surface area contributed by atoms with Crippen molar-refractivity contribution < 1.29 is 23.4 Å². The van der Waals surface area contributed by atoms with Gasteiger partial charge in [-0.25, -0.2) is 0 Å². The lowest BCUT2D eigenvalue weighted by molar-refractivity contribution is -0.145. The molecule has 7 nitrogen and oxygen atoms in total. The Bertz CT molecular complexity index is 907. The SMILES string of the molecule is O=C(CCc1ccc2c(c1)OCO2)OCc1nnc(-c2ccccc2)o1. The average Bonchev–Trinajstić information content (AvgIpc) is 3.34. The minimum Gasteiger partial charge on any atom is -0.456 e. The van der Waals surface area contributed by atoms with Crippen LogP contribution in [0.15, 0.2) is 52.9 Å². The molecule has 1 aromatic heterocycles. The Labute approximate surface area is 149 Å². The van der Waals surface area contributed by atoms with Gasteiger partial charge in [-0.2, -0.15) is 0 Å². The third-order valence-corrected chi connectivity index (χ3v) is 3.90. The number of benzene rings is 2. The first-order valence-electron chi connectivity index (χ1n) is 8.20. The van der Waals surface area contributed by atoms with Crippen LogP contribution in [0.4, 0.5) is 0 Å². The number of aryl methyl sites for hydroxylation is 1. The number of carbonyl (C=O) groups is 1. The number of nitrogens with zero attached hydrogens (tertiary/aromatic N) is 2. The minimum atomic E-state index is -0.331. The maximum atomic E-state index is 11.9. The number of fused-ring (bicyclic) bond motifs is 1. The van der Waals surface area contributed by atoms with E-state index in [-0.39, 0.29) is 31.7 Å². The second-order valence-electron chi connectivity index (χ2n) is 5.72. The number of aromatic nitrogens is 2. The van der Waals surface area contributed by atoms with E-state index in [0.717, 1.165) is 16.9 Å². The highest BCUT2D eigenvalue weighted by atomic mass is 16.7. The quantitative estimate of drug-likeness (QED) is 0.630. The molecule has 1 aliphatic heterocycles.